The Morgan fingerprint density at radius 3 is 2.61 bits per heavy atom. The highest BCUT2D eigenvalue weighted by Crippen LogP contribution is 2.31. The van der Waals surface area contributed by atoms with Crippen LogP contribution in [0.25, 0.3) is 0 Å². The van der Waals surface area contributed by atoms with Crippen LogP contribution in [-0.4, -0.2) is 30.0 Å². The average molecular weight is 247 g/mol. The van der Waals surface area contributed by atoms with Gasteiger partial charge in [-0.15, -0.1) is 6.58 Å². The Kier molecular flexibility index (Phi) is 4.95. The molecule has 0 aliphatic heterocycles. The summed E-state index contributed by atoms with van der Waals surface area (Å²) in [6.45, 7) is 5.81. The van der Waals surface area contributed by atoms with E-state index in [-0.39, 0.29) is 23.5 Å². The Balaban J connectivity index is 3.07. The van der Waals surface area contributed by atoms with E-state index in [0.29, 0.717) is 0 Å². The van der Waals surface area contributed by atoms with E-state index in [2.05, 4.69) is 6.58 Å². The number of phenolic OH excluding ortho intramolecular Hbond substituents is 1. The SMILES string of the molecule is C=C[C@@H](C(=O)N(C)C)[C@@H](CC)c1cccc(O)c1. The molecule has 0 saturated carbocycles. The molecule has 3 nitrogen and oxygen atoms in total. The molecule has 0 aromatic heterocycles. The molecule has 0 heterocycles. The Bertz CT molecular complexity index is 426. The first-order chi connectivity index (χ1) is 8.51. The van der Waals surface area contributed by atoms with Crippen molar-refractivity contribution in [1.82, 2.24) is 4.90 Å². The van der Waals surface area contributed by atoms with Crippen molar-refractivity contribution in [3.05, 3.63) is 42.5 Å². The normalized spacial score (nSPS) is 13.7. The Hall–Kier alpha value is -1.77. The first kappa shape index (κ1) is 14.3. The fourth-order valence-electron chi connectivity index (χ4n) is 2.19. The smallest absolute Gasteiger partial charge is 0.229 e. The van der Waals surface area contributed by atoms with Gasteiger partial charge in [0.1, 0.15) is 5.75 Å². The summed E-state index contributed by atoms with van der Waals surface area (Å²) >= 11 is 0. The summed E-state index contributed by atoms with van der Waals surface area (Å²) in [7, 11) is 3.49. The number of hydrogen-bond donors (Lipinski definition) is 1. The highest BCUT2D eigenvalue weighted by molar-refractivity contribution is 5.81. The predicted octanol–water partition coefficient (Wildman–Crippen LogP) is 2.78. The zero-order valence-electron chi connectivity index (χ0n) is 11.3. The van der Waals surface area contributed by atoms with Gasteiger partial charge in [0.05, 0.1) is 5.92 Å². The average Bonchev–Trinajstić information content (AvgIpc) is 2.34. The van der Waals surface area contributed by atoms with Gasteiger partial charge >= 0.3 is 0 Å². The fraction of sp³-hybridized carbons (Fsp3) is 0.400. The third-order valence-electron chi connectivity index (χ3n) is 3.15. The van der Waals surface area contributed by atoms with Gasteiger partial charge in [-0.3, -0.25) is 4.79 Å². The minimum Gasteiger partial charge on any atom is -0.508 e. The van der Waals surface area contributed by atoms with E-state index in [1.54, 1.807) is 43.3 Å². The van der Waals surface area contributed by atoms with E-state index in [1.165, 1.54) is 0 Å². The molecule has 0 aliphatic carbocycles. The highest BCUT2D eigenvalue weighted by atomic mass is 16.3. The third kappa shape index (κ3) is 3.13. The summed E-state index contributed by atoms with van der Waals surface area (Å²) in [4.78, 5) is 13.7. The van der Waals surface area contributed by atoms with Crippen molar-refractivity contribution >= 4 is 5.91 Å². The molecule has 1 aromatic carbocycles. The first-order valence-electron chi connectivity index (χ1n) is 6.13. The van der Waals surface area contributed by atoms with E-state index >= 15 is 0 Å². The lowest BCUT2D eigenvalue weighted by Crippen LogP contribution is -2.32. The summed E-state index contributed by atoms with van der Waals surface area (Å²) < 4.78 is 0. The minimum absolute atomic E-state index is 0.0418. The summed E-state index contributed by atoms with van der Waals surface area (Å²) in [5, 5.41) is 9.54. The summed E-state index contributed by atoms with van der Waals surface area (Å²) in [6.07, 6.45) is 2.51. The van der Waals surface area contributed by atoms with Gasteiger partial charge in [-0.1, -0.05) is 25.1 Å². The van der Waals surface area contributed by atoms with Gasteiger partial charge in [-0.25, -0.2) is 0 Å². The van der Waals surface area contributed by atoms with Crippen molar-refractivity contribution in [1.29, 1.82) is 0 Å². The number of nitrogens with zero attached hydrogens (tertiary/aromatic N) is 1. The maximum atomic E-state index is 12.1. The number of carbonyl (C=O) groups excluding carboxylic acids is 1. The monoisotopic (exact) mass is 247 g/mol. The predicted molar refractivity (Wildman–Crippen MR) is 73.5 cm³/mol. The van der Waals surface area contributed by atoms with Crippen molar-refractivity contribution < 1.29 is 9.90 Å². The Labute approximate surface area is 109 Å². The molecule has 0 fully saturated rings. The van der Waals surface area contributed by atoms with Crippen LogP contribution in [0.1, 0.15) is 24.8 Å². The van der Waals surface area contributed by atoms with E-state index < -0.39 is 0 Å². The Morgan fingerprint density at radius 2 is 2.17 bits per heavy atom. The molecule has 0 radical (unpaired) electrons. The van der Waals surface area contributed by atoms with Gasteiger partial charge in [0.25, 0.3) is 0 Å². The third-order valence-corrected chi connectivity index (χ3v) is 3.15. The number of amides is 1. The van der Waals surface area contributed by atoms with Gasteiger partial charge in [0.15, 0.2) is 0 Å². The second kappa shape index (κ2) is 6.24. The molecule has 1 amide bonds. The maximum absolute atomic E-state index is 12.1. The lowest BCUT2D eigenvalue weighted by atomic mass is 9.83. The van der Waals surface area contributed by atoms with Gasteiger partial charge in [0.2, 0.25) is 5.91 Å². The molecule has 18 heavy (non-hydrogen) atoms. The molecule has 0 aliphatic rings. The van der Waals surface area contributed by atoms with Crippen LogP contribution in [-0.2, 0) is 4.79 Å². The zero-order valence-corrected chi connectivity index (χ0v) is 11.3. The lowest BCUT2D eigenvalue weighted by molar-refractivity contribution is -0.132. The molecule has 1 aromatic rings. The van der Waals surface area contributed by atoms with Crippen LogP contribution < -0.4 is 0 Å². The number of benzene rings is 1. The molecular formula is C15H21NO2. The molecule has 1 rings (SSSR count). The van der Waals surface area contributed by atoms with Gasteiger partial charge < -0.3 is 10.0 Å². The van der Waals surface area contributed by atoms with Crippen molar-refractivity contribution in [2.45, 2.75) is 19.3 Å². The van der Waals surface area contributed by atoms with Crippen LogP contribution in [0.2, 0.25) is 0 Å². The van der Waals surface area contributed by atoms with Crippen molar-refractivity contribution in [2.24, 2.45) is 5.92 Å². The summed E-state index contributed by atoms with van der Waals surface area (Å²) in [5.74, 6) is 0.0579. The molecule has 98 valence electrons. The van der Waals surface area contributed by atoms with Crippen LogP contribution in [0.4, 0.5) is 0 Å². The molecule has 0 spiro atoms. The van der Waals surface area contributed by atoms with Gasteiger partial charge in [0, 0.05) is 14.1 Å². The first-order valence-corrected chi connectivity index (χ1v) is 6.13. The second-order valence-corrected chi connectivity index (χ2v) is 4.60. The number of rotatable bonds is 5. The van der Waals surface area contributed by atoms with Gasteiger partial charge in [-0.2, -0.15) is 0 Å². The van der Waals surface area contributed by atoms with Crippen LogP contribution in [0, 0.1) is 5.92 Å². The number of hydrogen-bond acceptors (Lipinski definition) is 2. The fourth-order valence-corrected chi connectivity index (χ4v) is 2.19. The number of phenols is 1. The zero-order chi connectivity index (χ0) is 13.7. The van der Waals surface area contributed by atoms with Crippen molar-refractivity contribution in [3.8, 4) is 5.75 Å². The topological polar surface area (TPSA) is 40.5 Å². The molecule has 0 unspecified atom stereocenters. The molecule has 2 atom stereocenters. The van der Waals surface area contributed by atoms with E-state index in [0.717, 1.165) is 12.0 Å². The van der Waals surface area contributed by atoms with Crippen LogP contribution >= 0.6 is 0 Å². The van der Waals surface area contributed by atoms with E-state index in [9.17, 15) is 9.90 Å². The Morgan fingerprint density at radius 1 is 1.50 bits per heavy atom. The lowest BCUT2D eigenvalue weighted by Gasteiger charge is -2.25. The molecule has 0 saturated heterocycles. The standard InChI is InChI=1S/C15H21NO2/c1-5-13(11-8-7-9-12(17)10-11)14(6-2)15(18)16(3)4/h6-10,13-14,17H,2,5H2,1,3-4H3/t13-,14+/m0/s1. The highest BCUT2D eigenvalue weighted by Gasteiger charge is 2.27. The number of carbonyl (C=O) groups is 1. The van der Waals surface area contributed by atoms with Gasteiger partial charge in [-0.05, 0) is 30.0 Å². The quantitative estimate of drug-likeness (QED) is 0.813. The minimum atomic E-state index is -0.258. The molecule has 0 bridgehead atoms. The van der Waals surface area contributed by atoms with Crippen molar-refractivity contribution in [3.63, 3.8) is 0 Å². The second-order valence-electron chi connectivity index (χ2n) is 4.60. The number of aromatic hydroxyl groups is 1. The molecule has 3 heteroatoms. The maximum Gasteiger partial charge on any atom is 0.229 e. The van der Waals surface area contributed by atoms with E-state index in [1.807, 2.05) is 13.0 Å². The van der Waals surface area contributed by atoms with Crippen LogP contribution in [0.5, 0.6) is 5.75 Å². The summed E-state index contributed by atoms with van der Waals surface area (Å²) in [5.41, 5.74) is 0.970. The van der Waals surface area contributed by atoms with Crippen LogP contribution in [0.15, 0.2) is 36.9 Å². The van der Waals surface area contributed by atoms with Crippen LogP contribution in [0.3, 0.4) is 0 Å². The molecule has 1 N–H and O–H groups in total. The van der Waals surface area contributed by atoms with E-state index in [4.69, 9.17) is 0 Å². The largest absolute Gasteiger partial charge is 0.508 e. The van der Waals surface area contributed by atoms with Crippen molar-refractivity contribution in [2.75, 3.05) is 14.1 Å². The summed E-state index contributed by atoms with van der Waals surface area (Å²) in [6, 6.07) is 7.08. The molecular weight excluding hydrogens is 226 g/mol.